The number of aromatic nitrogens is 6. The van der Waals surface area contributed by atoms with Crippen molar-refractivity contribution in [2.75, 3.05) is 5.73 Å². The average Bonchev–Trinajstić information content (AvgIpc) is 2.85. The largest absolute Gasteiger partial charge is 0.383 e. The number of rotatable bonds is 1. The highest BCUT2D eigenvalue weighted by Gasteiger charge is 2.13. The third kappa shape index (κ3) is 1.08. The van der Waals surface area contributed by atoms with Crippen LogP contribution >= 0.6 is 0 Å². The van der Waals surface area contributed by atoms with Crippen LogP contribution in [0, 0.1) is 0 Å². The van der Waals surface area contributed by atoms with E-state index in [-0.39, 0.29) is 0 Å². The van der Waals surface area contributed by atoms with E-state index in [4.69, 9.17) is 5.73 Å². The van der Waals surface area contributed by atoms with Crippen molar-refractivity contribution in [2.24, 2.45) is 7.05 Å². The van der Waals surface area contributed by atoms with E-state index in [1.165, 1.54) is 0 Å². The molecule has 2 N–H and O–H groups in total. The zero-order chi connectivity index (χ0) is 11.1. The van der Waals surface area contributed by atoms with Crippen LogP contribution in [-0.4, -0.2) is 29.4 Å². The Morgan fingerprint density at radius 3 is 2.94 bits per heavy atom. The molecule has 0 saturated carbocycles. The number of aryl methyl sites for hydroxylation is 1. The molecule has 0 fully saturated rings. The molecule has 0 aliphatic carbocycles. The molecule has 0 radical (unpaired) electrons. The van der Waals surface area contributed by atoms with Crippen molar-refractivity contribution in [2.45, 2.75) is 0 Å². The standard InChI is InChI=1S/C9H9N7/c1-15-8(10)6(4-12-15)9-14-13-7-2-3-11-5-16(7)9/h2-5H,10H2,1H3. The van der Waals surface area contributed by atoms with Gasteiger partial charge in [0, 0.05) is 19.3 Å². The first-order valence-electron chi connectivity index (χ1n) is 4.70. The van der Waals surface area contributed by atoms with E-state index in [0.29, 0.717) is 11.6 Å². The normalized spacial score (nSPS) is 11.1. The number of fused-ring (bicyclic) bond motifs is 1. The van der Waals surface area contributed by atoms with Gasteiger partial charge in [-0.15, -0.1) is 10.2 Å². The molecule has 0 spiro atoms. The fourth-order valence-corrected chi connectivity index (χ4v) is 1.55. The summed E-state index contributed by atoms with van der Waals surface area (Å²) in [5, 5.41) is 12.2. The highest BCUT2D eigenvalue weighted by atomic mass is 15.3. The van der Waals surface area contributed by atoms with Crippen molar-refractivity contribution in [3.8, 4) is 11.4 Å². The molecule has 7 nitrogen and oxygen atoms in total. The van der Waals surface area contributed by atoms with E-state index in [1.807, 2.05) is 0 Å². The van der Waals surface area contributed by atoms with E-state index in [2.05, 4.69) is 20.3 Å². The molecule has 0 aromatic carbocycles. The molecule has 3 aromatic rings. The molecule has 7 heteroatoms. The maximum Gasteiger partial charge on any atom is 0.174 e. The van der Waals surface area contributed by atoms with Gasteiger partial charge in [0.25, 0.3) is 0 Å². The first-order chi connectivity index (χ1) is 7.77. The van der Waals surface area contributed by atoms with Crippen molar-refractivity contribution >= 4 is 11.5 Å². The number of nitrogen functional groups attached to an aromatic ring is 1. The van der Waals surface area contributed by atoms with Gasteiger partial charge in [-0.3, -0.25) is 9.08 Å². The summed E-state index contributed by atoms with van der Waals surface area (Å²) in [4.78, 5) is 4.02. The van der Waals surface area contributed by atoms with Crippen molar-refractivity contribution in [1.29, 1.82) is 0 Å². The summed E-state index contributed by atoms with van der Waals surface area (Å²) in [6.07, 6.45) is 4.98. The number of nitrogens with two attached hydrogens (primary N) is 1. The second-order valence-corrected chi connectivity index (χ2v) is 3.40. The molecule has 80 valence electrons. The average molecular weight is 215 g/mol. The lowest BCUT2D eigenvalue weighted by Crippen LogP contribution is -1.99. The lowest BCUT2D eigenvalue weighted by atomic mass is 10.3. The molecule has 0 aliphatic heterocycles. The molecule has 0 atom stereocenters. The summed E-state index contributed by atoms with van der Waals surface area (Å²) in [5.41, 5.74) is 7.37. The lowest BCUT2D eigenvalue weighted by Gasteiger charge is -1.98. The zero-order valence-electron chi connectivity index (χ0n) is 8.57. The van der Waals surface area contributed by atoms with Crippen LogP contribution in [0.5, 0.6) is 0 Å². The second-order valence-electron chi connectivity index (χ2n) is 3.40. The van der Waals surface area contributed by atoms with Crippen LogP contribution in [0.2, 0.25) is 0 Å². The van der Waals surface area contributed by atoms with Gasteiger partial charge >= 0.3 is 0 Å². The number of hydrogen-bond acceptors (Lipinski definition) is 5. The van der Waals surface area contributed by atoms with Crippen molar-refractivity contribution in [1.82, 2.24) is 29.4 Å². The minimum atomic E-state index is 0.554. The molecule has 0 aliphatic rings. The van der Waals surface area contributed by atoms with E-state index in [0.717, 1.165) is 11.2 Å². The third-order valence-corrected chi connectivity index (χ3v) is 2.44. The Morgan fingerprint density at radius 1 is 1.31 bits per heavy atom. The molecular weight excluding hydrogens is 206 g/mol. The molecular formula is C9H9N7. The number of anilines is 1. The monoisotopic (exact) mass is 215 g/mol. The summed E-state index contributed by atoms with van der Waals surface area (Å²) in [7, 11) is 1.78. The maximum atomic E-state index is 5.88. The SMILES string of the molecule is Cn1ncc(-c2nnc3ccncn23)c1N. The smallest absolute Gasteiger partial charge is 0.174 e. The van der Waals surface area contributed by atoms with Crippen LogP contribution in [0.1, 0.15) is 0 Å². The first kappa shape index (κ1) is 8.84. The van der Waals surface area contributed by atoms with E-state index in [9.17, 15) is 0 Å². The Labute approximate surface area is 90.5 Å². The van der Waals surface area contributed by atoms with Gasteiger partial charge in [0.05, 0.1) is 11.8 Å². The maximum absolute atomic E-state index is 5.88. The summed E-state index contributed by atoms with van der Waals surface area (Å²) >= 11 is 0. The summed E-state index contributed by atoms with van der Waals surface area (Å²) in [6.45, 7) is 0. The fraction of sp³-hybridized carbons (Fsp3) is 0.111. The predicted octanol–water partition coefficient (Wildman–Crippen LogP) is 0.107. The molecule has 0 amide bonds. The molecule has 0 unspecified atom stereocenters. The topological polar surface area (TPSA) is 86.9 Å². The van der Waals surface area contributed by atoms with Crippen LogP contribution in [0.4, 0.5) is 5.82 Å². The highest BCUT2D eigenvalue weighted by molar-refractivity contribution is 5.69. The Hall–Kier alpha value is -2.44. The van der Waals surface area contributed by atoms with Gasteiger partial charge < -0.3 is 5.73 Å². The van der Waals surface area contributed by atoms with Crippen molar-refractivity contribution in [3.63, 3.8) is 0 Å². The highest BCUT2D eigenvalue weighted by Crippen LogP contribution is 2.22. The predicted molar refractivity (Wildman–Crippen MR) is 57.4 cm³/mol. The van der Waals surface area contributed by atoms with Crippen LogP contribution < -0.4 is 5.73 Å². The van der Waals surface area contributed by atoms with E-state index >= 15 is 0 Å². The van der Waals surface area contributed by atoms with E-state index < -0.39 is 0 Å². The molecule has 0 bridgehead atoms. The number of hydrogen-bond donors (Lipinski definition) is 1. The molecule has 3 aromatic heterocycles. The van der Waals surface area contributed by atoms with Crippen LogP contribution in [0.15, 0.2) is 24.8 Å². The Morgan fingerprint density at radius 2 is 2.19 bits per heavy atom. The summed E-state index contributed by atoms with van der Waals surface area (Å²) in [6, 6.07) is 1.78. The van der Waals surface area contributed by atoms with Crippen molar-refractivity contribution < 1.29 is 0 Å². The van der Waals surface area contributed by atoms with Gasteiger partial charge in [-0.05, 0) is 0 Å². The minimum Gasteiger partial charge on any atom is -0.383 e. The molecule has 16 heavy (non-hydrogen) atoms. The molecule has 3 heterocycles. The zero-order valence-corrected chi connectivity index (χ0v) is 8.57. The van der Waals surface area contributed by atoms with Gasteiger partial charge in [0.15, 0.2) is 11.5 Å². The third-order valence-electron chi connectivity index (χ3n) is 2.44. The van der Waals surface area contributed by atoms with Crippen molar-refractivity contribution in [3.05, 3.63) is 24.8 Å². The van der Waals surface area contributed by atoms with Gasteiger partial charge in [-0.25, -0.2) is 4.98 Å². The second kappa shape index (κ2) is 3.02. The fourth-order valence-electron chi connectivity index (χ4n) is 1.55. The van der Waals surface area contributed by atoms with Gasteiger partial charge in [-0.1, -0.05) is 0 Å². The first-order valence-corrected chi connectivity index (χ1v) is 4.70. The molecule has 3 rings (SSSR count). The van der Waals surface area contributed by atoms with Gasteiger partial charge in [0.1, 0.15) is 12.1 Å². The Kier molecular flexibility index (Phi) is 1.67. The number of nitrogens with zero attached hydrogens (tertiary/aromatic N) is 6. The van der Waals surface area contributed by atoms with Gasteiger partial charge in [-0.2, -0.15) is 5.10 Å². The lowest BCUT2D eigenvalue weighted by molar-refractivity contribution is 0.779. The van der Waals surface area contributed by atoms with Crippen LogP contribution in [0.3, 0.4) is 0 Å². The summed E-state index contributed by atoms with van der Waals surface area (Å²) in [5.74, 6) is 1.20. The Balaban J connectivity index is 2.30. The Bertz CT molecular complexity index is 651. The van der Waals surface area contributed by atoms with E-state index in [1.54, 1.807) is 40.9 Å². The van der Waals surface area contributed by atoms with Gasteiger partial charge in [0.2, 0.25) is 0 Å². The summed E-state index contributed by atoms with van der Waals surface area (Å²) < 4.78 is 3.36. The minimum absolute atomic E-state index is 0.554. The molecule has 0 saturated heterocycles. The van der Waals surface area contributed by atoms with Crippen LogP contribution in [-0.2, 0) is 7.05 Å². The quantitative estimate of drug-likeness (QED) is 0.622. The van der Waals surface area contributed by atoms with Crippen LogP contribution in [0.25, 0.3) is 17.0 Å².